The number of halogens is 2. The van der Waals surface area contributed by atoms with Crippen LogP contribution in [-0.4, -0.2) is 55.8 Å². The number of aromatic nitrogens is 1. The zero-order chi connectivity index (χ0) is 25.4. The molecular weight excluding hydrogens is 566 g/mol. The third kappa shape index (κ3) is 5.05. The minimum atomic E-state index is -2.96. The summed E-state index contributed by atoms with van der Waals surface area (Å²) < 4.78 is 29.3. The van der Waals surface area contributed by atoms with E-state index in [9.17, 15) is 13.2 Å². The minimum Gasteiger partial charge on any atom is -0.491 e. The van der Waals surface area contributed by atoms with Gasteiger partial charge in [0.15, 0.2) is 9.84 Å². The van der Waals surface area contributed by atoms with Gasteiger partial charge in [0, 0.05) is 40.4 Å². The van der Waals surface area contributed by atoms with Crippen LogP contribution < -0.4 is 15.4 Å². The Morgan fingerprint density at radius 2 is 1.83 bits per heavy atom. The van der Waals surface area contributed by atoms with Gasteiger partial charge >= 0.3 is 0 Å². The average Bonchev–Trinajstić information content (AvgIpc) is 3.21. The summed E-state index contributed by atoms with van der Waals surface area (Å²) in [6.07, 6.45) is 0.0914. The summed E-state index contributed by atoms with van der Waals surface area (Å²) in [7, 11) is -2.96. The zero-order valence-electron chi connectivity index (χ0n) is 19.4. The molecule has 7 nitrogen and oxygen atoms in total. The van der Waals surface area contributed by atoms with Crippen molar-refractivity contribution in [1.82, 2.24) is 4.98 Å². The van der Waals surface area contributed by atoms with Crippen LogP contribution in [0, 0.1) is 0 Å². The summed E-state index contributed by atoms with van der Waals surface area (Å²) in [5.74, 6) is 0.515. The topological polar surface area (TPSA) is 105 Å². The molecule has 0 bridgehead atoms. The second-order valence-electron chi connectivity index (χ2n) is 8.88. The fraction of sp³-hybridized carbons (Fsp3) is 0.269. The van der Waals surface area contributed by atoms with E-state index in [4.69, 9.17) is 22.1 Å². The molecule has 0 spiro atoms. The highest BCUT2D eigenvalue weighted by molar-refractivity contribution is 9.09. The van der Waals surface area contributed by atoms with Gasteiger partial charge in [-0.2, -0.15) is 0 Å². The number of primary amides is 1. The molecule has 1 fully saturated rings. The number of nitrogens with one attached hydrogen (secondary N) is 1. The predicted octanol–water partition coefficient (Wildman–Crippen LogP) is 4.68. The third-order valence-electron chi connectivity index (χ3n) is 6.45. The maximum absolute atomic E-state index is 11.9. The van der Waals surface area contributed by atoms with Crippen LogP contribution in [0.15, 0.2) is 48.5 Å². The van der Waals surface area contributed by atoms with Gasteiger partial charge in [-0.15, -0.1) is 0 Å². The Morgan fingerprint density at radius 1 is 1.06 bits per heavy atom. The van der Waals surface area contributed by atoms with Crippen LogP contribution in [-0.2, 0) is 21.1 Å². The van der Waals surface area contributed by atoms with Crippen molar-refractivity contribution in [3.05, 3.63) is 59.1 Å². The molecule has 1 saturated heterocycles. The van der Waals surface area contributed by atoms with E-state index in [2.05, 4.69) is 31.9 Å². The van der Waals surface area contributed by atoms with Gasteiger partial charge in [0.25, 0.3) is 0 Å². The number of alkyl halides is 1. The first-order valence-corrected chi connectivity index (χ1v) is 14.9. The molecule has 188 valence electrons. The number of aromatic amines is 1. The number of amides is 1. The molecule has 10 heteroatoms. The van der Waals surface area contributed by atoms with Gasteiger partial charge in [-0.05, 0) is 53.1 Å². The normalized spacial score (nSPS) is 15.4. The molecule has 1 aliphatic rings. The van der Waals surface area contributed by atoms with Crippen molar-refractivity contribution in [3.63, 3.8) is 0 Å². The van der Waals surface area contributed by atoms with Gasteiger partial charge in [-0.1, -0.05) is 39.7 Å². The van der Waals surface area contributed by atoms with Gasteiger partial charge in [0.05, 0.1) is 35.1 Å². The maximum Gasteiger partial charge on any atom is 0.221 e. The van der Waals surface area contributed by atoms with E-state index >= 15 is 0 Å². The molecule has 4 aromatic rings. The highest BCUT2D eigenvalue weighted by Crippen LogP contribution is 2.37. The average molecular weight is 591 g/mol. The van der Waals surface area contributed by atoms with Crippen LogP contribution in [0.1, 0.15) is 5.56 Å². The second-order valence-corrected chi connectivity index (χ2v) is 12.4. The smallest absolute Gasteiger partial charge is 0.221 e. The van der Waals surface area contributed by atoms with Gasteiger partial charge < -0.3 is 20.4 Å². The van der Waals surface area contributed by atoms with Gasteiger partial charge in [-0.3, -0.25) is 4.79 Å². The maximum atomic E-state index is 11.9. The van der Waals surface area contributed by atoms with E-state index in [-0.39, 0.29) is 17.9 Å². The van der Waals surface area contributed by atoms with E-state index in [1.165, 1.54) is 0 Å². The number of carbonyl (C=O) groups is 1. The van der Waals surface area contributed by atoms with E-state index < -0.39 is 15.7 Å². The largest absolute Gasteiger partial charge is 0.491 e. The van der Waals surface area contributed by atoms with Crippen LogP contribution in [0.3, 0.4) is 0 Å². The molecule has 1 aromatic heterocycles. The summed E-state index contributed by atoms with van der Waals surface area (Å²) in [6, 6.07) is 15.8. The Morgan fingerprint density at radius 3 is 2.53 bits per heavy atom. The SMILES string of the molecule is NC(=O)Cc1cc(-c2ccc(OCCBr)c(Cl)c2)cc2c1[nH]c1cc(N3CCS(=O)(=O)CC3)ccc12. The lowest BCUT2D eigenvalue weighted by molar-refractivity contribution is -0.117. The van der Waals surface area contributed by atoms with Crippen molar-refractivity contribution in [1.29, 1.82) is 0 Å². The molecule has 0 aliphatic carbocycles. The van der Waals surface area contributed by atoms with Crippen molar-refractivity contribution < 1.29 is 17.9 Å². The number of sulfone groups is 1. The summed E-state index contributed by atoms with van der Waals surface area (Å²) >= 11 is 9.82. The number of rotatable bonds is 7. The molecular formula is C26H25BrClN3O4S. The van der Waals surface area contributed by atoms with Crippen LogP contribution in [0.5, 0.6) is 5.75 Å². The highest BCUT2D eigenvalue weighted by atomic mass is 79.9. The molecule has 2 heterocycles. The second kappa shape index (κ2) is 9.95. The Balaban J connectivity index is 1.58. The third-order valence-corrected chi connectivity index (χ3v) is 8.68. The van der Waals surface area contributed by atoms with Gasteiger partial charge in [-0.25, -0.2) is 8.42 Å². The van der Waals surface area contributed by atoms with Crippen LogP contribution in [0.25, 0.3) is 32.9 Å². The minimum absolute atomic E-state index is 0.0914. The summed E-state index contributed by atoms with van der Waals surface area (Å²) in [5.41, 5.74) is 10.9. The lowest BCUT2D eigenvalue weighted by Crippen LogP contribution is -2.40. The predicted molar refractivity (Wildman–Crippen MR) is 149 cm³/mol. The molecule has 5 rings (SSSR count). The number of carbonyl (C=O) groups excluding carboxylic acids is 1. The summed E-state index contributed by atoms with van der Waals surface area (Å²) in [4.78, 5) is 17.5. The van der Waals surface area contributed by atoms with Crippen LogP contribution in [0.4, 0.5) is 5.69 Å². The fourth-order valence-electron chi connectivity index (χ4n) is 4.67. The molecule has 0 unspecified atom stereocenters. The summed E-state index contributed by atoms with van der Waals surface area (Å²) in [6.45, 7) is 1.46. The number of nitrogens with zero attached hydrogens (tertiary/aromatic N) is 1. The number of benzene rings is 3. The first-order chi connectivity index (χ1) is 17.2. The van der Waals surface area contributed by atoms with E-state index in [0.29, 0.717) is 35.8 Å². The Hall–Kier alpha value is -2.75. The molecule has 3 aromatic carbocycles. The van der Waals surface area contributed by atoms with E-state index in [1.54, 1.807) is 0 Å². The lowest BCUT2D eigenvalue weighted by Gasteiger charge is -2.28. The van der Waals surface area contributed by atoms with Crippen molar-refractivity contribution >= 4 is 70.8 Å². The van der Waals surface area contributed by atoms with Crippen LogP contribution in [0.2, 0.25) is 5.02 Å². The van der Waals surface area contributed by atoms with Crippen molar-refractivity contribution in [2.75, 3.05) is 41.4 Å². The molecule has 0 radical (unpaired) electrons. The number of anilines is 1. The number of nitrogens with two attached hydrogens (primary N) is 1. The number of hydrogen-bond acceptors (Lipinski definition) is 5. The molecule has 1 amide bonds. The first-order valence-electron chi connectivity index (χ1n) is 11.5. The zero-order valence-corrected chi connectivity index (χ0v) is 22.5. The Bertz CT molecular complexity index is 1570. The molecule has 1 aliphatic heterocycles. The quantitative estimate of drug-likeness (QED) is 0.304. The van der Waals surface area contributed by atoms with Crippen molar-refractivity contribution in [2.45, 2.75) is 6.42 Å². The molecule has 0 atom stereocenters. The van der Waals surface area contributed by atoms with Crippen molar-refractivity contribution in [2.24, 2.45) is 5.73 Å². The van der Waals surface area contributed by atoms with Gasteiger partial charge in [0.2, 0.25) is 5.91 Å². The fourth-order valence-corrected chi connectivity index (χ4v) is 6.27. The molecule has 36 heavy (non-hydrogen) atoms. The van der Waals surface area contributed by atoms with Crippen LogP contribution >= 0.6 is 27.5 Å². The number of H-pyrrole nitrogens is 1. The molecule has 0 saturated carbocycles. The first kappa shape index (κ1) is 24.9. The van der Waals surface area contributed by atoms with E-state index in [1.807, 2.05) is 42.5 Å². The standard InChI is InChI=1S/C26H25BrClN3O4S/c27-5-8-35-24-4-1-16(13-22(24)28)17-11-18(14-25(29)32)26-21(12-17)20-3-2-19(15-23(20)30-26)31-6-9-36(33,34)10-7-31/h1-4,11-13,15,30H,5-10,14H2,(H2,29,32). The lowest BCUT2D eigenvalue weighted by atomic mass is 9.97. The monoisotopic (exact) mass is 589 g/mol. The summed E-state index contributed by atoms with van der Waals surface area (Å²) in [5, 5.41) is 3.20. The van der Waals surface area contributed by atoms with Crippen molar-refractivity contribution in [3.8, 4) is 16.9 Å². The number of ether oxygens (including phenoxy) is 1. The highest BCUT2D eigenvalue weighted by Gasteiger charge is 2.22. The van der Waals surface area contributed by atoms with E-state index in [0.717, 1.165) is 44.2 Å². The Labute approximate surface area is 222 Å². The number of fused-ring (bicyclic) bond motifs is 3. The number of hydrogen-bond donors (Lipinski definition) is 2. The Kier molecular flexibility index (Phi) is 6.89. The van der Waals surface area contributed by atoms with Gasteiger partial charge in [0.1, 0.15) is 5.75 Å². The molecule has 3 N–H and O–H groups in total.